The van der Waals surface area contributed by atoms with Crippen LogP contribution in [0.4, 0.5) is 10.1 Å². The van der Waals surface area contributed by atoms with E-state index < -0.39 is 0 Å². The molecule has 19 heavy (non-hydrogen) atoms. The van der Waals surface area contributed by atoms with Crippen molar-refractivity contribution in [3.8, 4) is 11.5 Å². The van der Waals surface area contributed by atoms with Crippen molar-refractivity contribution in [3.05, 3.63) is 51.3 Å². The first-order valence-corrected chi connectivity index (χ1v) is 6.88. The van der Waals surface area contributed by atoms with Crippen LogP contribution >= 0.6 is 22.6 Å². The Hall–Kier alpha value is -1.50. The van der Waals surface area contributed by atoms with Crippen molar-refractivity contribution < 1.29 is 13.9 Å². The summed E-state index contributed by atoms with van der Waals surface area (Å²) < 4.78 is 24.6. The Morgan fingerprint density at radius 2 is 2.11 bits per heavy atom. The predicted octanol–water partition coefficient (Wildman–Crippen LogP) is 3.77. The third-order valence-electron chi connectivity index (χ3n) is 2.88. The van der Waals surface area contributed by atoms with Crippen molar-refractivity contribution in [1.82, 2.24) is 0 Å². The molecule has 1 aliphatic heterocycles. The minimum Gasteiger partial charge on any atom is -0.454 e. The van der Waals surface area contributed by atoms with Gasteiger partial charge >= 0.3 is 0 Å². The molecule has 2 aromatic rings. The molecule has 1 heterocycles. The lowest BCUT2D eigenvalue weighted by molar-refractivity contribution is 0.173. The average molecular weight is 371 g/mol. The van der Waals surface area contributed by atoms with Crippen LogP contribution in [-0.2, 0) is 6.54 Å². The van der Waals surface area contributed by atoms with Gasteiger partial charge < -0.3 is 14.8 Å². The normalized spacial score (nSPS) is 12.5. The van der Waals surface area contributed by atoms with Crippen LogP contribution in [0.2, 0.25) is 0 Å². The van der Waals surface area contributed by atoms with Gasteiger partial charge in [-0.3, -0.25) is 0 Å². The summed E-state index contributed by atoms with van der Waals surface area (Å²) in [7, 11) is 0. The van der Waals surface area contributed by atoms with Crippen LogP contribution in [0.15, 0.2) is 36.4 Å². The molecule has 0 aromatic heterocycles. The van der Waals surface area contributed by atoms with Gasteiger partial charge in [0.2, 0.25) is 6.79 Å². The number of ether oxygens (including phenoxy) is 2. The fourth-order valence-electron chi connectivity index (χ4n) is 1.95. The Balaban J connectivity index is 1.78. The summed E-state index contributed by atoms with van der Waals surface area (Å²) in [4.78, 5) is 0. The maximum absolute atomic E-state index is 13.0. The Morgan fingerprint density at radius 3 is 2.95 bits per heavy atom. The van der Waals surface area contributed by atoms with Gasteiger partial charge in [-0.1, -0.05) is 12.1 Å². The first-order chi connectivity index (χ1) is 9.24. The molecule has 2 aromatic carbocycles. The summed E-state index contributed by atoms with van der Waals surface area (Å²) in [5.41, 5.74) is 1.92. The fraction of sp³-hybridized carbons (Fsp3) is 0.143. The lowest BCUT2D eigenvalue weighted by Crippen LogP contribution is -2.02. The number of hydrogen-bond acceptors (Lipinski definition) is 3. The van der Waals surface area contributed by atoms with Gasteiger partial charge in [0.1, 0.15) is 5.82 Å². The van der Waals surface area contributed by atoms with Crippen molar-refractivity contribution in [2.75, 3.05) is 12.1 Å². The van der Waals surface area contributed by atoms with Crippen LogP contribution in [0.1, 0.15) is 5.56 Å². The SMILES string of the molecule is Fc1ccc(NCc2cccc3c2OCO3)c(I)c1. The fourth-order valence-corrected chi connectivity index (χ4v) is 2.62. The third-order valence-corrected chi connectivity index (χ3v) is 3.77. The largest absolute Gasteiger partial charge is 0.454 e. The molecule has 0 radical (unpaired) electrons. The maximum Gasteiger partial charge on any atom is 0.231 e. The van der Waals surface area contributed by atoms with E-state index in [4.69, 9.17) is 9.47 Å². The maximum atomic E-state index is 13.0. The highest BCUT2D eigenvalue weighted by Gasteiger charge is 2.16. The van der Waals surface area contributed by atoms with Crippen molar-refractivity contribution in [3.63, 3.8) is 0 Å². The standard InChI is InChI=1S/C14H11FINO2/c15-10-4-5-12(11(16)6-10)17-7-9-2-1-3-13-14(9)19-8-18-13/h1-6,17H,7-8H2. The molecule has 3 rings (SSSR count). The van der Waals surface area contributed by atoms with E-state index in [1.807, 2.05) is 18.2 Å². The summed E-state index contributed by atoms with van der Waals surface area (Å²) in [5.74, 6) is 1.33. The van der Waals surface area contributed by atoms with Gasteiger partial charge in [-0.15, -0.1) is 0 Å². The number of para-hydroxylation sites is 1. The molecule has 5 heteroatoms. The lowest BCUT2D eigenvalue weighted by Gasteiger charge is -2.10. The van der Waals surface area contributed by atoms with Crippen LogP contribution in [-0.4, -0.2) is 6.79 Å². The van der Waals surface area contributed by atoms with E-state index in [2.05, 4.69) is 27.9 Å². The number of fused-ring (bicyclic) bond motifs is 1. The second-order valence-corrected chi connectivity index (χ2v) is 5.29. The van der Waals surface area contributed by atoms with E-state index in [0.717, 1.165) is 26.3 Å². The van der Waals surface area contributed by atoms with E-state index in [9.17, 15) is 4.39 Å². The van der Waals surface area contributed by atoms with Crippen molar-refractivity contribution >= 4 is 28.3 Å². The highest BCUT2D eigenvalue weighted by atomic mass is 127. The minimum absolute atomic E-state index is 0.229. The van der Waals surface area contributed by atoms with Crippen LogP contribution in [0.25, 0.3) is 0 Å². The molecule has 0 bridgehead atoms. The second-order valence-electron chi connectivity index (χ2n) is 4.13. The van der Waals surface area contributed by atoms with Gasteiger partial charge in [0.05, 0.1) is 0 Å². The van der Waals surface area contributed by atoms with Crippen LogP contribution in [0, 0.1) is 9.39 Å². The van der Waals surface area contributed by atoms with E-state index in [-0.39, 0.29) is 12.6 Å². The molecule has 0 aliphatic carbocycles. The van der Waals surface area contributed by atoms with Gasteiger partial charge in [0, 0.05) is 21.4 Å². The first-order valence-electron chi connectivity index (χ1n) is 5.80. The minimum atomic E-state index is -0.229. The summed E-state index contributed by atoms with van der Waals surface area (Å²) in [6, 6.07) is 10.5. The second kappa shape index (κ2) is 5.24. The Morgan fingerprint density at radius 1 is 1.21 bits per heavy atom. The molecule has 0 saturated heterocycles. The van der Waals surface area contributed by atoms with Crippen molar-refractivity contribution in [2.45, 2.75) is 6.54 Å². The number of benzene rings is 2. The Labute approximate surface area is 123 Å². The van der Waals surface area contributed by atoms with Gasteiger partial charge in [-0.2, -0.15) is 0 Å². The first kappa shape index (κ1) is 12.5. The monoisotopic (exact) mass is 371 g/mol. The zero-order valence-electron chi connectivity index (χ0n) is 9.95. The molecule has 0 atom stereocenters. The molecule has 98 valence electrons. The van der Waals surface area contributed by atoms with Crippen molar-refractivity contribution in [2.24, 2.45) is 0 Å². The number of anilines is 1. The summed E-state index contributed by atoms with van der Waals surface area (Å²) in [5, 5.41) is 3.28. The molecule has 0 unspecified atom stereocenters. The van der Waals surface area contributed by atoms with Gasteiger partial charge in [-0.05, 0) is 46.9 Å². The number of nitrogens with one attached hydrogen (secondary N) is 1. The van der Waals surface area contributed by atoms with Gasteiger partial charge in [0.25, 0.3) is 0 Å². The molecular weight excluding hydrogens is 360 g/mol. The summed E-state index contributed by atoms with van der Waals surface area (Å²) in [6.45, 7) is 0.870. The van der Waals surface area contributed by atoms with Gasteiger partial charge in [0.15, 0.2) is 11.5 Å². The Bertz CT molecular complexity index is 618. The third kappa shape index (κ3) is 2.60. The number of hydrogen-bond donors (Lipinski definition) is 1. The molecule has 0 saturated carbocycles. The molecule has 1 N–H and O–H groups in total. The summed E-state index contributed by atoms with van der Waals surface area (Å²) in [6.07, 6.45) is 0. The molecule has 1 aliphatic rings. The van der Waals surface area contributed by atoms with Gasteiger partial charge in [-0.25, -0.2) is 4.39 Å². The van der Waals surface area contributed by atoms with Crippen LogP contribution in [0.3, 0.4) is 0 Å². The Kier molecular flexibility index (Phi) is 3.46. The van der Waals surface area contributed by atoms with Crippen LogP contribution < -0.4 is 14.8 Å². The lowest BCUT2D eigenvalue weighted by atomic mass is 10.2. The van der Waals surface area contributed by atoms with E-state index in [1.165, 1.54) is 12.1 Å². The number of halogens is 2. The average Bonchev–Trinajstić information content (AvgIpc) is 2.86. The molecular formula is C14H11FINO2. The zero-order valence-corrected chi connectivity index (χ0v) is 12.1. The van der Waals surface area contributed by atoms with E-state index in [0.29, 0.717) is 6.54 Å². The molecule has 0 amide bonds. The van der Waals surface area contributed by atoms with E-state index >= 15 is 0 Å². The molecule has 0 fully saturated rings. The molecule has 3 nitrogen and oxygen atoms in total. The van der Waals surface area contributed by atoms with Crippen molar-refractivity contribution in [1.29, 1.82) is 0 Å². The van der Waals surface area contributed by atoms with Crippen LogP contribution in [0.5, 0.6) is 11.5 Å². The summed E-state index contributed by atoms with van der Waals surface area (Å²) >= 11 is 2.11. The highest BCUT2D eigenvalue weighted by molar-refractivity contribution is 14.1. The number of rotatable bonds is 3. The zero-order chi connectivity index (χ0) is 13.2. The quantitative estimate of drug-likeness (QED) is 0.834. The smallest absolute Gasteiger partial charge is 0.231 e. The predicted molar refractivity (Wildman–Crippen MR) is 79.0 cm³/mol. The van der Waals surface area contributed by atoms with E-state index in [1.54, 1.807) is 6.07 Å². The molecule has 0 spiro atoms. The highest BCUT2D eigenvalue weighted by Crippen LogP contribution is 2.35. The topological polar surface area (TPSA) is 30.5 Å².